The minimum Gasteiger partial charge on any atom is -0.488 e. The predicted molar refractivity (Wildman–Crippen MR) is 151 cm³/mol. The van der Waals surface area contributed by atoms with Gasteiger partial charge in [-0.15, -0.1) is 0 Å². The average Bonchev–Trinajstić information content (AvgIpc) is 3.28. The molecule has 2 aromatic carbocycles. The van der Waals surface area contributed by atoms with Crippen LogP contribution < -0.4 is 9.46 Å². The largest absolute Gasteiger partial charge is 0.488 e. The molecule has 42 heavy (non-hydrogen) atoms. The molecule has 0 fully saturated rings. The summed E-state index contributed by atoms with van der Waals surface area (Å²) in [6, 6.07) is 8.04. The van der Waals surface area contributed by atoms with Crippen molar-refractivity contribution in [2.24, 2.45) is 5.92 Å². The van der Waals surface area contributed by atoms with Crippen molar-refractivity contribution in [2.45, 2.75) is 49.6 Å². The molecule has 12 nitrogen and oxygen atoms in total. The smallest absolute Gasteiger partial charge is 0.267 e. The highest BCUT2D eigenvalue weighted by atomic mass is 32.2. The fourth-order valence-corrected chi connectivity index (χ4v) is 7.27. The van der Waals surface area contributed by atoms with Crippen molar-refractivity contribution in [1.29, 1.82) is 0 Å². The zero-order valence-corrected chi connectivity index (χ0v) is 25.4. The van der Waals surface area contributed by atoms with Gasteiger partial charge in [0.25, 0.3) is 15.9 Å². The number of benzene rings is 2. The van der Waals surface area contributed by atoms with Crippen molar-refractivity contribution < 1.29 is 40.4 Å². The van der Waals surface area contributed by atoms with E-state index < -0.39 is 43.9 Å². The van der Waals surface area contributed by atoms with Crippen molar-refractivity contribution in [3.05, 3.63) is 65.3 Å². The van der Waals surface area contributed by atoms with Gasteiger partial charge in [-0.3, -0.25) is 9.52 Å². The molecular weight excluding hydrogens is 591 g/mol. The maximum absolute atomic E-state index is 13.7. The van der Waals surface area contributed by atoms with Crippen molar-refractivity contribution in [2.75, 3.05) is 31.5 Å². The summed E-state index contributed by atoms with van der Waals surface area (Å²) in [5.74, 6) is -1.24. The maximum atomic E-state index is 13.7. The van der Waals surface area contributed by atoms with Gasteiger partial charge in [-0.05, 0) is 63.2 Å². The Morgan fingerprint density at radius 1 is 1.17 bits per heavy atom. The zero-order chi connectivity index (χ0) is 31.0. The van der Waals surface area contributed by atoms with Gasteiger partial charge >= 0.3 is 0 Å². The van der Waals surface area contributed by atoms with Gasteiger partial charge < -0.3 is 19.3 Å². The molecule has 0 spiro atoms. The molecule has 0 saturated carbocycles. The summed E-state index contributed by atoms with van der Waals surface area (Å²) >= 11 is 0. The SMILES string of the molecule is Cc1noc(C)c1S(=O)(=O)Nc1ccc2c(c1)C(=O)N([C@@H](C)CO)C[C@H](C)[C@@H](CN(C)S(=O)(=O)c1ccc(F)cc1)O2. The van der Waals surface area contributed by atoms with E-state index in [4.69, 9.17) is 9.26 Å². The summed E-state index contributed by atoms with van der Waals surface area (Å²) < 4.78 is 80.7. The topological polar surface area (TPSA) is 159 Å². The fourth-order valence-electron chi connectivity index (χ4n) is 4.71. The van der Waals surface area contributed by atoms with E-state index in [-0.39, 0.29) is 63.9 Å². The van der Waals surface area contributed by atoms with Gasteiger partial charge in [-0.2, -0.15) is 4.31 Å². The Kier molecular flexibility index (Phi) is 8.97. The van der Waals surface area contributed by atoms with Crippen LogP contribution in [-0.2, 0) is 20.0 Å². The average molecular weight is 625 g/mol. The number of aromatic nitrogens is 1. The molecule has 3 atom stereocenters. The minimum atomic E-state index is -4.12. The molecule has 0 bridgehead atoms. The fraction of sp³-hybridized carbons (Fsp3) is 0.407. The number of hydrogen-bond donors (Lipinski definition) is 2. The quantitative estimate of drug-likeness (QED) is 0.365. The van der Waals surface area contributed by atoms with Gasteiger partial charge in [-0.1, -0.05) is 12.1 Å². The van der Waals surface area contributed by atoms with E-state index in [1.165, 1.54) is 56.1 Å². The number of carbonyl (C=O) groups excluding carboxylic acids is 1. The lowest BCUT2D eigenvalue weighted by Crippen LogP contribution is -2.50. The van der Waals surface area contributed by atoms with Crippen LogP contribution in [0.25, 0.3) is 0 Å². The minimum absolute atomic E-state index is 0.0233. The van der Waals surface area contributed by atoms with E-state index in [2.05, 4.69) is 9.88 Å². The van der Waals surface area contributed by atoms with Crippen LogP contribution in [0.3, 0.4) is 0 Å². The van der Waals surface area contributed by atoms with Crippen molar-refractivity contribution >= 4 is 31.6 Å². The molecule has 0 radical (unpaired) electrons. The highest BCUT2D eigenvalue weighted by Crippen LogP contribution is 2.32. The number of aliphatic hydroxyl groups is 1. The first-order valence-electron chi connectivity index (χ1n) is 13.1. The third-order valence-corrected chi connectivity index (χ3v) is 10.6. The highest BCUT2D eigenvalue weighted by molar-refractivity contribution is 7.92. The Morgan fingerprint density at radius 3 is 2.43 bits per heavy atom. The van der Waals surface area contributed by atoms with Crippen LogP contribution in [0.5, 0.6) is 5.75 Å². The number of aliphatic hydroxyl groups excluding tert-OH is 1. The third kappa shape index (κ3) is 6.28. The Balaban J connectivity index is 1.69. The highest BCUT2D eigenvalue weighted by Gasteiger charge is 2.36. The molecule has 1 amide bonds. The van der Waals surface area contributed by atoms with Crippen molar-refractivity contribution in [3.63, 3.8) is 0 Å². The Labute approximate surface area is 244 Å². The van der Waals surface area contributed by atoms with Crippen LogP contribution >= 0.6 is 0 Å². The molecule has 2 N–H and O–H groups in total. The summed E-state index contributed by atoms with van der Waals surface area (Å²) in [7, 11) is -6.74. The number of carbonyl (C=O) groups is 1. The molecule has 2 heterocycles. The van der Waals surface area contributed by atoms with E-state index in [1.54, 1.807) is 13.8 Å². The molecule has 1 aliphatic rings. The maximum Gasteiger partial charge on any atom is 0.267 e. The summed E-state index contributed by atoms with van der Waals surface area (Å²) in [5.41, 5.74) is 0.267. The predicted octanol–water partition coefficient (Wildman–Crippen LogP) is 2.77. The molecule has 0 aliphatic carbocycles. The van der Waals surface area contributed by atoms with E-state index in [1.807, 2.05) is 0 Å². The Hall–Kier alpha value is -3.53. The van der Waals surface area contributed by atoms with E-state index >= 15 is 0 Å². The Morgan fingerprint density at radius 2 is 1.83 bits per heavy atom. The van der Waals surface area contributed by atoms with E-state index in [0.29, 0.717) is 0 Å². The number of ether oxygens (including phenoxy) is 1. The molecule has 1 aromatic heterocycles. The van der Waals surface area contributed by atoms with Crippen LogP contribution in [0.15, 0.2) is 56.8 Å². The molecule has 228 valence electrons. The number of fused-ring (bicyclic) bond motifs is 1. The normalized spacial score (nSPS) is 18.7. The Bertz CT molecular complexity index is 1660. The third-order valence-electron chi connectivity index (χ3n) is 7.11. The van der Waals surface area contributed by atoms with Gasteiger partial charge in [0, 0.05) is 25.2 Å². The molecule has 15 heteroatoms. The molecule has 1 aliphatic heterocycles. The zero-order valence-electron chi connectivity index (χ0n) is 23.7. The summed E-state index contributed by atoms with van der Waals surface area (Å²) in [6.45, 7) is 6.08. The second kappa shape index (κ2) is 12.0. The van der Waals surface area contributed by atoms with Gasteiger partial charge in [-0.25, -0.2) is 21.2 Å². The second-order valence-electron chi connectivity index (χ2n) is 10.3. The number of nitrogens with zero attached hydrogens (tertiary/aromatic N) is 3. The number of rotatable bonds is 9. The molecule has 0 unspecified atom stereocenters. The van der Waals surface area contributed by atoms with Crippen LogP contribution in [0.4, 0.5) is 10.1 Å². The lowest BCUT2D eigenvalue weighted by Gasteiger charge is -2.38. The van der Waals surface area contributed by atoms with Crippen LogP contribution in [-0.4, -0.2) is 81.1 Å². The second-order valence-corrected chi connectivity index (χ2v) is 14.0. The molecular formula is C27H33FN4O8S2. The van der Waals surface area contributed by atoms with Crippen LogP contribution in [0.2, 0.25) is 0 Å². The van der Waals surface area contributed by atoms with Crippen molar-refractivity contribution in [3.8, 4) is 5.75 Å². The number of sulfonamides is 2. The number of anilines is 1. The summed E-state index contributed by atoms with van der Waals surface area (Å²) in [5, 5.41) is 13.6. The number of aryl methyl sites for hydroxylation is 2. The molecule has 4 rings (SSSR count). The number of likely N-dealkylation sites (N-methyl/N-ethyl adjacent to an activating group) is 1. The number of amides is 1. The monoisotopic (exact) mass is 624 g/mol. The van der Waals surface area contributed by atoms with Gasteiger partial charge in [0.2, 0.25) is 10.0 Å². The van der Waals surface area contributed by atoms with Gasteiger partial charge in [0.05, 0.1) is 29.7 Å². The first-order valence-corrected chi connectivity index (χ1v) is 16.0. The van der Waals surface area contributed by atoms with Crippen LogP contribution in [0, 0.1) is 25.6 Å². The van der Waals surface area contributed by atoms with E-state index in [0.717, 1.165) is 16.4 Å². The number of nitrogens with one attached hydrogen (secondary N) is 1. The first-order chi connectivity index (χ1) is 19.6. The van der Waals surface area contributed by atoms with Gasteiger partial charge in [0.15, 0.2) is 10.7 Å². The summed E-state index contributed by atoms with van der Waals surface area (Å²) in [6.07, 6.45) is -0.754. The number of halogens is 1. The standard InChI is InChI=1S/C27H33FN4O8S2/c1-16-13-32(17(2)15-33)27(34)23-12-21(30-41(35,36)26-18(3)29-40-19(26)4)8-11-24(23)39-25(16)14-31(5)42(37,38)22-9-6-20(28)7-10-22/h6-12,16-17,25,30,33H,13-15H2,1-5H3/t16-,17-,25+/m0/s1. The molecule has 0 saturated heterocycles. The van der Waals surface area contributed by atoms with Crippen LogP contribution in [0.1, 0.15) is 35.7 Å². The lowest BCUT2D eigenvalue weighted by molar-refractivity contribution is 0.0387. The lowest BCUT2D eigenvalue weighted by atomic mass is 9.99. The summed E-state index contributed by atoms with van der Waals surface area (Å²) in [4.78, 5) is 14.9. The van der Waals surface area contributed by atoms with E-state index in [9.17, 15) is 31.1 Å². The molecule has 3 aromatic rings. The van der Waals surface area contributed by atoms with Crippen molar-refractivity contribution in [1.82, 2.24) is 14.4 Å². The first kappa shape index (κ1) is 31.4. The number of hydrogen-bond acceptors (Lipinski definition) is 9. The van der Waals surface area contributed by atoms with Gasteiger partial charge in [0.1, 0.15) is 23.4 Å².